The van der Waals surface area contributed by atoms with Crippen LogP contribution in [0.2, 0.25) is 0 Å². The number of piperazine rings is 1. The molecule has 0 radical (unpaired) electrons. The molecule has 0 bridgehead atoms. The zero-order valence-corrected chi connectivity index (χ0v) is 19.8. The zero-order chi connectivity index (χ0) is 22.7. The normalized spacial score (nSPS) is 15.6. The number of rotatable bonds is 7. The molecule has 1 saturated heterocycles. The van der Waals surface area contributed by atoms with Crippen LogP contribution in [0.15, 0.2) is 78.9 Å². The minimum Gasteiger partial charge on any atom is -0.431 e. The molecule has 33 heavy (non-hydrogen) atoms. The predicted molar refractivity (Wildman–Crippen MR) is 132 cm³/mol. The molecule has 0 saturated carbocycles. The Morgan fingerprint density at radius 2 is 1.52 bits per heavy atom. The molecular formula is C25H25N3O3S2. The molecule has 0 N–H and O–H groups in total. The topological polar surface area (TPSA) is 62.7 Å². The standard InChI is InChI=1S/C25H25N3O3S2/c29-33(30,19-21-6-2-1-3-7-21)28-16-14-27(15-17-28)18-20-10-12-22(13-11-20)31-25-26-23-8-4-5-9-24(23)32-25/h1-13H,14-19H2. The summed E-state index contributed by atoms with van der Waals surface area (Å²) < 4.78 is 34.2. The van der Waals surface area contributed by atoms with E-state index in [-0.39, 0.29) is 5.75 Å². The number of para-hydroxylation sites is 1. The van der Waals surface area contributed by atoms with E-state index in [1.165, 1.54) is 16.9 Å². The van der Waals surface area contributed by atoms with Crippen LogP contribution in [-0.2, 0) is 22.3 Å². The van der Waals surface area contributed by atoms with Crippen molar-refractivity contribution in [3.05, 3.63) is 90.0 Å². The first-order chi connectivity index (χ1) is 16.0. The Hall–Kier alpha value is -2.78. The van der Waals surface area contributed by atoms with Crippen molar-refractivity contribution in [1.29, 1.82) is 0 Å². The largest absolute Gasteiger partial charge is 0.431 e. The van der Waals surface area contributed by atoms with Gasteiger partial charge in [0.2, 0.25) is 10.0 Å². The summed E-state index contributed by atoms with van der Waals surface area (Å²) in [7, 11) is -3.29. The lowest BCUT2D eigenvalue weighted by atomic mass is 10.2. The lowest BCUT2D eigenvalue weighted by Crippen LogP contribution is -2.48. The highest BCUT2D eigenvalue weighted by Crippen LogP contribution is 2.31. The Kier molecular flexibility index (Phi) is 6.41. The number of benzene rings is 3. The summed E-state index contributed by atoms with van der Waals surface area (Å²) in [5.74, 6) is 0.818. The van der Waals surface area contributed by atoms with E-state index in [2.05, 4.69) is 22.0 Å². The average Bonchev–Trinajstić information content (AvgIpc) is 3.23. The summed E-state index contributed by atoms with van der Waals surface area (Å²) in [5, 5.41) is 0.636. The van der Waals surface area contributed by atoms with Crippen molar-refractivity contribution in [1.82, 2.24) is 14.2 Å². The molecule has 3 aromatic carbocycles. The molecule has 0 aliphatic carbocycles. The summed E-state index contributed by atoms with van der Waals surface area (Å²) in [6.07, 6.45) is 0. The highest BCUT2D eigenvalue weighted by atomic mass is 32.2. The highest BCUT2D eigenvalue weighted by molar-refractivity contribution is 7.88. The van der Waals surface area contributed by atoms with Crippen LogP contribution in [-0.4, -0.2) is 48.8 Å². The van der Waals surface area contributed by atoms with Crippen LogP contribution in [0.3, 0.4) is 0 Å². The third-order valence-electron chi connectivity index (χ3n) is 5.73. The van der Waals surface area contributed by atoms with Crippen LogP contribution in [0.4, 0.5) is 0 Å². The molecule has 0 unspecified atom stereocenters. The SMILES string of the molecule is O=S(=O)(Cc1ccccc1)N1CCN(Cc2ccc(Oc3nc4ccccc4s3)cc2)CC1. The number of thiazole rings is 1. The summed E-state index contributed by atoms with van der Waals surface area (Å²) >= 11 is 1.53. The van der Waals surface area contributed by atoms with Crippen LogP contribution in [0, 0.1) is 0 Å². The lowest BCUT2D eigenvalue weighted by Gasteiger charge is -2.34. The monoisotopic (exact) mass is 479 g/mol. The van der Waals surface area contributed by atoms with Gasteiger partial charge in [0.15, 0.2) is 0 Å². The van der Waals surface area contributed by atoms with E-state index in [4.69, 9.17) is 4.74 Å². The summed E-state index contributed by atoms with van der Waals surface area (Å²) in [5.41, 5.74) is 2.94. The zero-order valence-electron chi connectivity index (χ0n) is 18.1. The fourth-order valence-electron chi connectivity index (χ4n) is 3.96. The number of aromatic nitrogens is 1. The summed E-state index contributed by atoms with van der Waals surface area (Å²) in [6.45, 7) is 3.27. The summed E-state index contributed by atoms with van der Waals surface area (Å²) in [6, 6.07) is 25.4. The maximum absolute atomic E-state index is 12.8. The van der Waals surface area contributed by atoms with Crippen molar-refractivity contribution in [2.75, 3.05) is 26.2 Å². The van der Waals surface area contributed by atoms with E-state index in [9.17, 15) is 8.42 Å². The van der Waals surface area contributed by atoms with Gasteiger partial charge in [-0.25, -0.2) is 13.4 Å². The van der Waals surface area contributed by atoms with Gasteiger partial charge in [-0.1, -0.05) is 65.9 Å². The summed E-state index contributed by atoms with van der Waals surface area (Å²) in [4.78, 5) is 6.80. The smallest absolute Gasteiger partial charge is 0.279 e. The molecule has 170 valence electrons. The van der Waals surface area contributed by atoms with E-state index in [0.29, 0.717) is 18.3 Å². The molecule has 1 aliphatic heterocycles. The fraction of sp³-hybridized carbons (Fsp3) is 0.240. The van der Waals surface area contributed by atoms with E-state index in [1.54, 1.807) is 4.31 Å². The predicted octanol–water partition coefficient (Wildman–Crippen LogP) is 4.74. The van der Waals surface area contributed by atoms with Crippen LogP contribution in [0.25, 0.3) is 10.2 Å². The van der Waals surface area contributed by atoms with Crippen molar-refractivity contribution in [2.24, 2.45) is 0 Å². The van der Waals surface area contributed by atoms with E-state index in [0.717, 1.165) is 41.2 Å². The Morgan fingerprint density at radius 3 is 2.24 bits per heavy atom. The van der Waals surface area contributed by atoms with Gasteiger partial charge in [0.25, 0.3) is 5.19 Å². The van der Waals surface area contributed by atoms with Gasteiger partial charge in [-0.15, -0.1) is 0 Å². The van der Waals surface area contributed by atoms with Crippen molar-refractivity contribution >= 4 is 31.6 Å². The number of hydrogen-bond acceptors (Lipinski definition) is 6. The van der Waals surface area contributed by atoms with Crippen molar-refractivity contribution in [3.8, 4) is 10.9 Å². The molecule has 0 amide bonds. The van der Waals surface area contributed by atoms with E-state index >= 15 is 0 Å². The lowest BCUT2D eigenvalue weighted by molar-refractivity contribution is 0.181. The highest BCUT2D eigenvalue weighted by Gasteiger charge is 2.27. The minimum absolute atomic E-state index is 0.0595. The average molecular weight is 480 g/mol. The van der Waals surface area contributed by atoms with Gasteiger partial charge in [0.1, 0.15) is 5.75 Å². The van der Waals surface area contributed by atoms with Crippen LogP contribution in [0.1, 0.15) is 11.1 Å². The Labute approximate surface area is 198 Å². The second-order valence-electron chi connectivity index (χ2n) is 8.11. The van der Waals surface area contributed by atoms with Crippen molar-refractivity contribution < 1.29 is 13.2 Å². The van der Waals surface area contributed by atoms with Crippen molar-refractivity contribution in [2.45, 2.75) is 12.3 Å². The molecular weight excluding hydrogens is 454 g/mol. The van der Waals surface area contributed by atoms with Gasteiger partial charge in [0, 0.05) is 32.7 Å². The molecule has 1 aliphatic rings. The molecule has 8 heteroatoms. The van der Waals surface area contributed by atoms with Gasteiger partial charge < -0.3 is 4.74 Å². The Balaban J connectivity index is 1.14. The third-order valence-corrected chi connectivity index (χ3v) is 8.49. The van der Waals surface area contributed by atoms with Crippen LogP contribution >= 0.6 is 11.3 Å². The third kappa shape index (κ3) is 5.42. The molecule has 0 spiro atoms. The van der Waals surface area contributed by atoms with E-state index in [1.807, 2.05) is 66.7 Å². The molecule has 5 rings (SSSR count). The van der Waals surface area contributed by atoms with Gasteiger partial charge in [-0.3, -0.25) is 4.90 Å². The second-order valence-corrected chi connectivity index (χ2v) is 11.1. The van der Waals surface area contributed by atoms with Gasteiger partial charge in [-0.05, 0) is 35.4 Å². The van der Waals surface area contributed by atoms with Gasteiger partial charge in [-0.2, -0.15) is 4.31 Å². The maximum atomic E-state index is 12.8. The number of nitrogens with zero attached hydrogens (tertiary/aromatic N) is 3. The quantitative estimate of drug-likeness (QED) is 0.383. The fourth-order valence-corrected chi connectivity index (χ4v) is 6.31. The molecule has 1 fully saturated rings. The number of ether oxygens (including phenoxy) is 1. The molecule has 6 nitrogen and oxygen atoms in total. The van der Waals surface area contributed by atoms with E-state index < -0.39 is 10.0 Å². The Morgan fingerprint density at radius 1 is 0.818 bits per heavy atom. The number of hydrogen-bond donors (Lipinski definition) is 0. The minimum atomic E-state index is -3.29. The molecule has 2 heterocycles. The van der Waals surface area contributed by atoms with Gasteiger partial charge >= 0.3 is 0 Å². The number of sulfonamides is 1. The first kappa shape index (κ1) is 22.0. The maximum Gasteiger partial charge on any atom is 0.279 e. The first-order valence-corrected chi connectivity index (χ1v) is 13.3. The molecule has 0 atom stereocenters. The molecule has 4 aromatic rings. The first-order valence-electron chi connectivity index (χ1n) is 10.9. The Bertz CT molecular complexity index is 1280. The number of fused-ring (bicyclic) bond motifs is 1. The van der Waals surface area contributed by atoms with Crippen molar-refractivity contribution in [3.63, 3.8) is 0 Å². The van der Waals surface area contributed by atoms with Crippen LogP contribution < -0.4 is 4.74 Å². The van der Waals surface area contributed by atoms with Gasteiger partial charge in [0.05, 0.1) is 16.0 Å². The van der Waals surface area contributed by atoms with Crippen LogP contribution in [0.5, 0.6) is 10.9 Å². The molecule has 1 aromatic heterocycles. The second kappa shape index (κ2) is 9.61.